The van der Waals surface area contributed by atoms with E-state index in [2.05, 4.69) is 12.6 Å². The predicted molar refractivity (Wildman–Crippen MR) is 71.8 cm³/mol. The number of likely N-dealkylation sites (tertiary alicyclic amines) is 1. The van der Waals surface area contributed by atoms with E-state index in [-0.39, 0.29) is 17.9 Å². The van der Waals surface area contributed by atoms with Crippen LogP contribution in [0.5, 0.6) is 0 Å². The Morgan fingerprint density at radius 2 is 1.94 bits per heavy atom. The van der Waals surface area contributed by atoms with Gasteiger partial charge in [-0.25, -0.2) is 0 Å². The molecule has 1 heterocycles. The summed E-state index contributed by atoms with van der Waals surface area (Å²) in [6, 6.07) is 7.30. The third kappa shape index (κ3) is 2.04. The second-order valence-corrected chi connectivity index (χ2v) is 5.84. The number of thiol groups is 1. The number of hydrogen-bond donors (Lipinski definition) is 2. The molecule has 3 rings (SSSR count). The van der Waals surface area contributed by atoms with Crippen molar-refractivity contribution in [3.63, 3.8) is 0 Å². The van der Waals surface area contributed by atoms with E-state index in [1.807, 2.05) is 29.2 Å². The molecule has 1 amide bonds. The van der Waals surface area contributed by atoms with E-state index in [0.29, 0.717) is 18.0 Å². The molecule has 1 aromatic carbocycles. The van der Waals surface area contributed by atoms with Gasteiger partial charge in [0.2, 0.25) is 0 Å². The van der Waals surface area contributed by atoms with Gasteiger partial charge in [0.05, 0.1) is 6.10 Å². The SMILES string of the molecule is O=C(c1ccc(S)cc1)N1CC2CCC(O)C2C1. The van der Waals surface area contributed by atoms with E-state index < -0.39 is 0 Å². The second-order valence-electron chi connectivity index (χ2n) is 5.33. The smallest absolute Gasteiger partial charge is 0.253 e. The molecule has 0 spiro atoms. The maximum atomic E-state index is 12.3. The molecule has 1 saturated heterocycles. The van der Waals surface area contributed by atoms with Gasteiger partial charge in [-0.15, -0.1) is 12.6 Å². The zero-order chi connectivity index (χ0) is 12.7. The lowest BCUT2D eigenvalue weighted by atomic mass is 10.00. The average Bonchev–Trinajstić information content (AvgIpc) is 2.92. The van der Waals surface area contributed by atoms with Gasteiger partial charge in [0.1, 0.15) is 0 Å². The van der Waals surface area contributed by atoms with Crippen molar-refractivity contribution < 1.29 is 9.90 Å². The van der Waals surface area contributed by atoms with Gasteiger partial charge in [-0.1, -0.05) is 0 Å². The van der Waals surface area contributed by atoms with E-state index in [4.69, 9.17) is 0 Å². The zero-order valence-corrected chi connectivity index (χ0v) is 11.0. The highest BCUT2D eigenvalue weighted by molar-refractivity contribution is 7.80. The van der Waals surface area contributed by atoms with Crippen LogP contribution < -0.4 is 0 Å². The molecule has 3 atom stereocenters. The molecule has 2 aliphatic rings. The van der Waals surface area contributed by atoms with E-state index in [9.17, 15) is 9.90 Å². The molecule has 1 N–H and O–H groups in total. The molecule has 1 aliphatic carbocycles. The highest BCUT2D eigenvalue weighted by atomic mass is 32.1. The molecule has 0 radical (unpaired) electrons. The minimum atomic E-state index is -0.215. The van der Waals surface area contributed by atoms with Gasteiger partial charge < -0.3 is 10.0 Å². The molecule has 1 aromatic rings. The molecule has 0 bridgehead atoms. The Hall–Kier alpha value is -1.00. The molecule has 1 saturated carbocycles. The van der Waals surface area contributed by atoms with Gasteiger partial charge >= 0.3 is 0 Å². The Balaban J connectivity index is 1.73. The van der Waals surface area contributed by atoms with Crippen LogP contribution in [-0.2, 0) is 0 Å². The maximum Gasteiger partial charge on any atom is 0.253 e. The summed E-state index contributed by atoms with van der Waals surface area (Å²) in [7, 11) is 0. The van der Waals surface area contributed by atoms with Crippen molar-refractivity contribution in [1.29, 1.82) is 0 Å². The third-order valence-corrected chi connectivity index (χ3v) is 4.52. The van der Waals surface area contributed by atoms with Crippen molar-refractivity contribution in [2.75, 3.05) is 13.1 Å². The van der Waals surface area contributed by atoms with Crippen LogP contribution in [0.3, 0.4) is 0 Å². The summed E-state index contributed by atoms with van der Waals surface area (Å²) in [4.78, 5) is 15.1. The first kappa shape index (κ1) is 12.1. The molecule has 0 aromatic heterocycles. The lowest BCUT2D eigenvalue weighted by Gasteiger charge is -2.18. The fourth-order valence-corrected chi connectivity index (χ4v) is 3.34. The van der Waals surface area contributed by atoms with E-state index in [1.165, 1.54) is 0 Å². The molecular weight excluding hydrogens is 246 g/mol. The van der Waals surface area contributed by atoms with Crippen molar-refractivity contribution in [2.24, 2.45) is 11.8 Å². The Bertz CT molecular complexity index is 459. The van der Waals surface area contributed by atoms with Gasteiger partial charge in [-0.3, -0.25) is 4.79 Å². The van der Waals surface area contributed by atoms with Crippen molar-refractivity contribution in [3.8, 4) is 0 Å². The number of fused-ring (bicyclic) bond motifs is 1. The molecule has 18 heavy (non-hydrogen) atoms. The summed E-state index contributed by atoms with van der Waals surface area (Å²) in [5, 5.41) is 9.86. The molecule has 3 nitrogen and oxygen atoms in total. The number of aliphatic hydroxyl groups excluding tert-OH is 1. The highest BCUT2D eigenvalue weighted by Gasteiger charge is 2.43. The first-order valence-corrected chi connectivity index (χ1v) is 6.86. The monoisotopic (exact) mass is 263 g/mol. The average molecular weight is 263 g/mol. The summed E-state index contributed by atoms with van der Waals surface area (Å²) in [5.41, 5.74) is 0.710. The van der Waals surface area contributed by atoms with Crippen molar-refractivity contribution in [1.82, 2.24) is 4.90 Å². The molecule has 3 unspecified atom stereocenters. The summed E-state index contributed by atoms with van der Waals surface area (Å²) in [6.45, 7) is 1.50. The van der Waals surface area contributed by atoms with E-state index in [0.717, 1.165) is 24.3 Å². The van der Waals surface area contributed by atoms with Crippen LogP contribution in [0.25, 0.3) is 0 Å². The Kier molecular flexibility index (Phi) is 3.08. The zero-order valence-electron chi connectivity index (χ0n) is 10.1. The number of carbonyl (C=O) groups is 1. The summed E-state index contributed by atoms with van der Waals surface area (Å²) in [5.74, 6) is 0.858. The molecule has 1 aliphatic heterocycles. The van der Waals surface area contributed by atoms with E-state index in [1.54, 1.807) is 0 Å². The Morgan fingerprint density at radius 3 is 2.61 bits per heavy atom. The molecule has 2 fully saturated rings. The quantitative estimate of drug-likeness (QED) is 0.759. The number of carbonyl (C=O) groups excluding carboxylic acids is 1. The number of nitrogens with zero attached hydrogens (tertiary/aromatic N) is 1. The minimum Gasteiger partial charge on any atom is -0.393 e. The number of aliphatic hydroxyl groups is 1. The first-order chi connectivity index (χ1) is 8.65. The third-order valence-electron chi connectivity index (χ3n) is 4.22. The van der Waals surface area contributed by atoms with Crippen molar-refractivity contribution in [3.05, 3.63) is 29.8 Å². The summed E-state index contributed by atoms with van der Waals surface area (Å²) < 4.78 is 0. The Labute approximate surface area is 112 Å². The highest BCUT2D eigenvalue weighted by Crippen LogP contribution is 2.38. The van der Waals surface area contributed by atoms with Gasteiger partial charge in [0, 0.05) is 29.5 Å². The number of rotatable bonds is 1. The van der Waals surface area contributed by atoms with Gasteiger partial charge in [0.15, 0.2) is 0 Å². The van der Waals surface area contributed by atoms with Crippen LogP contribution in [0, 0.1) is 11.8 Å². The van der Waals surface area contributed by atoms with Crippen LogP contribution in [0.2, 0.25) is 0 Å². The van der Waals surface area contributed by atoms with Crippen LogP contribution in [0.1, 0.15) is 23.2 Å². The normalized spacial score (nSPS) is 30.6. The Morgan fingerprint density at radius 1 is 1.22 bits per heavy atom. The lowest BCUT2D eigenvalue weighted by Crippen LogP contribution is -2.31. The standard InChI is InChI=1S/C14H17NO2S/c16-13-6-3-10-7-15(8-12(10)13)14(17)9-1-4-11(18)5-2-9/h1-2,4-5,10,12-13,16,18H,3,6-8H2. The van der Waals surface area contributed by atoms with Crippen LogP contribution in [0.4, 0.5) is 0 Å². The fourth-order valence-electron chi connectivity index (χ4n) is 3.19. The summed E-state index contributed by atoms with van der Waals surface area (Å²) >= 11 is 4.22. The minimum absolute atomic E-state index is 0.0740. The topological polar surface area (TPSA) is 40.5 Å². The van der Waals surface area contributed by atoms with Gasteiger partial charge in [-0.2, -0.15) is 0 Å². The molecule has 96 valence electrons. The number of benzene rings is 1. The van der Waals surface area contributed by atoms with Gasteiger partial charge in [-0.05, 0) is 43.0 Å². The number of amides is 1. The molecule has 4 heteroatoms. The van der Waals surface area contributed by atoms with Crippen LogP contribution in [-0.4, -0.2) is 35.1 Å². The van der Waals surface area contributed by atoms with Crippen LogP contribution in [0.15, 0.2) is 29.2 Å². The largest absolute Gasteiger partial charge is 0.393 e. The molecular formula is C14H17NO2S. The summed E-state index contributed by atoms with van der Waals surface area (Å²) in [6.07, 6.45) is 1.73. The predicted octanol–water partition coefficient (Wildman–Crippen LogP) is 1.82. The van der Waals surface area contributed by atoms with Crippen molar-refractivity contribution >= 4 is 18.5 Å². The number of hydrogen-bond acceptors (Lipinski definition) is 3. The second kappa shape index (κ2) is 4.59. The first-order valence-electron chi connectivity index (χ1n) is 6.41. The maximum absolute atomic E-state index is 12.3. The fraction of sp³-hybridized carbons (Fsp3) is 0.500. The van der Waals surface area contributed by atoms with Crippen LogP contribution >= 0.6 is 12.6 Å². The van der Waals surface area contributed by atoms with E-state index >= 15 is 0 Å². The lowest BCUT2D eigenvalue weighted by molar-refractivity contribution is 0.0752. The van der Waals surface area contributed by atoms with Gasteiger partial charge in [0.25, 0.3) is 5.91 Å². The van der Waals surface area contributed by atoms with Crippen molar-refractivity contribution in [2.45, 2.75) is 23.8 Å².